The van der Waals surface area contributed by atoms with Gasteiger partial charge in [0.25, 0.3) is 0 Å². The smallest absolute Gasteiger partial charge is 0.371 e. The van der Waals surface area contributed by atoms with Gasteiger partial charge in [-0.15, -0.1) is 0 Å². The van der Waals surface area contributed by atoms with Crippen molar-refractivity contribution in [2.24, 2.45) is 0 Å². The Labute approximate surface area is 134 Å². The lowest BCUT2D eigenvalue weighted by molar-refractivity contribution is -0.135. The van der Waals surface area contributed by atoms with E-state index in [-0.39, 0.29) is 6.42 Å². The maximum atomic E-state index is 11.0. The Hall–Kier alpha value is -0.640. The molecule has 0 aromatic carbocycles. The first-order valence-electron chi connectivity index (χ1n) is 8.38. The summed E-state index contributed by atoms with van der Waals surface area (Å²) in [5, 5.41) is 0. The van der Waals surface area contributed by atoms with Crippen LogP contribution in [0.5, 0.6) is 0 Å². The number of carbonyl (C=O) groups excluding carboxylic acids is 1. The van der Waals surface area contributed by atoms with Crippen LogP contribution in [0.15, 0.2) is 12.2 Å². The maximum absolute atomic E-state index is 11.0. The van der Waals surface area contributed by atoms with E-state index in [9.17, 15) is 9.36 Å². The van der Waals surface area contributed by atoms with E-state index in [2.05, 4.69) is 23.6 Å². The summed E-state index contributed by atoms with van der Waals surface area (Å²) in [5.41, 5.74) is 0. The van der Waals surface area contributed by atoms with Gasteiger partial charge in [-0.3, -0.25) is 14.6 Å². The number of hydrogen-bond acceptors (Lipinski definition) is 3. The van der Waals surface area contributed by atoms with E-state index in [4.69, 9.17) is 9.79 Å². The van der Waals surface area contributed by atoms with Crippen LogP contribution in [0, 0.1) is 0 Å². The first-order valence-corrected chi connectivity index (χ1v) is 9.91. The molecule has 0 spiro atoms. The molecule has 0 amide bonds. The van der Waals surface area contributed by atoms with E-state index in [0.717, 1.165) is 32.1 Å². The van der Waals surface area contributed by atoms with Gasteiger partial charge < -0.3 is 4.52 Å². The van der Waals surface area contributed by atoms with Crippen molar-refractivity contribution in [1.29, 1.82) is 0 Å². The lowest BCUT2D eigenvalue weighted by Crippen LogP contribution is -2.01. The van der Waals surface area contributed by atoms with Crippen molar-refractivity contribution in [3.63, 3.8) is 0 Å². The Morgan fingerprint density at radius 2 is 1.41 bits per heavy atom. The highest BCUT2D eigenvalue weighted by atomic mass is 31.2. The summed E-state index contributed by atoms with van der Waals surface area (Å²) in [5.74, 6) is -0.820. The largest absolute Gasteiger partial charge is 0.526 e. The molecule has 0 aliphatic carbocycles. The second kappa shape index (κ2) is 14.0. The zero-order chi connectivity index (χ0) is 16.7. The quantitative estimate of drug-likeness (QED) is 0.269. The average molecular weight is 334 g/mol. The molecule has 0 aromatic heterocycles. The fourth-order valence-corrected chi connectivity index (χ4v) is 2.52. The highest BCUT2D eigenvalue weighted by Gasteiger charge is 2.19. The monoisotopic (exact) mass is 334 g/mol. The lowest BCUT2D eigenvalue weighted by Gasteiger charge is -2.04. The molecule has 0 aromatic rings. The van der Waals surface area contributed by atoms with Gasteiger partial charge in [0.05, 0.1) is 0 Å². The molecule has 0 rings (SSSR count). The van der Waals surface area contributed by atoms with Gasteiger partial charge in [0, 0.05) is 6.42 Å². The number of allylic oxidation sites excluding steroid dienone is 2. The summed E-state index contributed by atoms with van der Waals surface area (Å²) in [7, 11) is -4.67. The molecule has 0 radical (unpaired) electrons. The standard InChI is InChI=1S/C16H31O5P/c1-2-3-4-5-6-7-8-9-10-11-12-13-14-15-16(17)21-22(18,19)20/h7-8H,2-6,9-15H2,1H3,(H2,18,19,20). The molecular formula is C16H31O5P. The van der Waals surface area contributed by atoms with Crippen LogP contribution in [0.25, 0.3) is 0 Å². The third-order valence-corrected chi connectivity index (χ3v) is 3.80. The summed E-state index contributed by atoms with van der Waals surface area (Å²) in [4.78, 5) is 27.9. The van der Waals surface area contributed by atoms with Gasteiger partial charge >= 0.3 is 13.8 Å². The number of unbranched alkanes of at least 4 members (excludes halogenated alkanes) is 9. The van der Waals surface area contributed by atoms with Crippen molar-refractivity contribution in [2.45, 2.75) is 84.0 Å². The van der Waals surface area contributed by atoms with Crippen LogP contribution >= 0.6 is 7.82 Å². The summed E-state index contributed by atoms with van der Waals surface area (Å²) in [6.07, 6.45) is 16.9. The predicted octanol–water partition coefficient (Wildman–Crippen LogP) is 4.88. The molecule has 130 valence electrons. The third kappa shape index (κ3) is 17.4. The van der Waals surface area contributed by atoms with Crippen molar-refractivity contribution in [3.8, 4) is 0 Å². The summed E-state index contributed by atoms with van der Waals surface area (Å²) in [6, 6.07) is 0. The summed E-state index contributed by atoms with van der Waals surface area (Å²) < 4.78 is 14.4. The van der Waals surface area contributed by atoms with Crippen LogP contribution in [0.1, 0.15) is 84.0 Å². The SMILES string of the molecule is CCCCCCC=CCCCCCCCC(=O)OP(=O)(O)O. The molecule has 0 atom stereocenters. The molecular weight excluding hydrogens is 303 g/mol. The minimum Gasteiger partial charge on any atom is -0.371 e. The molecule has 0 unspecified atom stereocenters. The van der Waals surface area contributed by atoms with Gasteiger partial charge in [0.2, 0.25) is 0 Å². The van der Waals surface area contributed by atoms with E-state index in [1.165, 1.54) is 32.1 Å². The van der Waals surface area contributed by atoms with Gasteiger partial charge in [-0.2, -0.15) is 0 Å². The van der Waals surface area contributed by atoms with Crippen LogP contribution < -0.4 is 0 Å². The second-order valence-corrected chi connectivity index (χ2v) is 6.74. The highest BCUT2D eigenvalue weighted by molar-refractivity contribution is 7.46. The second-order valence-electron chi connectivity index (χ2n) is 5.58. The van der Waals surface area contributed by atoms with Gasteiger partial charge in [-0.1, -0.05) is 57.6 Å². The Morgan fingerprint density at radius 3 is 1.95 bits per heavy atom. The van der Waals surface area contributed by atoms with Crippen molar-refractivity contribution in [1.82, 2.24) is 0 Å². The Bertz CT molecular complexity index is 348. The topological polar surface area (TPSA) is 83.8 Å². The Balaban J connectivity index is 3.28. The van der Waals surface area contributed by atoms with Gasteiger partial charge in [0.1, 0.15) is 0 Å². The fraction of sp³-hybridized carbons (Fsp3) is 0.812. The molecule has 0 bridgehead atoms. The average Bonchev–Trinajstić information content (AvgIpc) is 2.42. The molecule has 2 N–H and O–H groups in total. The molecule has 22 heavy (non-hydrogen) atoms. The number of hydrogen-bond donors (Lipinski definition) is 2. The van der Waals surface area contributed by atoms with Crippen molar-refractivity contribution < 1.29 is 23.7 Å². The van der Waals surface area contributed by atoms with Gasteiger partial charge in [-0.25, -0.2) is 4.57 Å². The van der Waals surface area contributed by atoms with E-state index >= 15 is 0 Å². The molecule has 0 heterocycles. The van der Waals surface area contributed by atoms with Crippen LogP contribution in [-0.4, -0.2) is 15.8 Å². The predicted molar refractivity (Wildman–Crippen MR) is 88.4 cm³/mol. The van der Waals surface area contributed by atoms with Crippen LogP contribution in [0.4, 0.5) is 0 Å². The van der Waals surface area contributed by atoms with Gasteiger partial charge in [0.15, 0.2) is 0 Å². The van der Waals surface area contributed by atoms with Gasteiger partial charge in [-0.05, 0) is 32.1 Å². The maximum Gasteiger partial charge on any atom is 0.526 e. The number of carbonyl (C=O) groups is 1. The van der Waals surface area contributed by atoms with E-state index < -0.39 is 13.8 Å². The number of rotatable bonds is 14. The third-order valence-electron chi connectivity index (χ3n) is 3.36. The minimum atomic E-state index is -4.67. The molecule has 0 saturated carbocycles. The highest BCUT2D eigenvalue weighted by Crippen LogP contribution is 2.36. The van der Waals surface area contributed by atoms with Crippen LogP contribution in [0.2, 0.25) is 0 Å². The summed E-state index contributed by atoms with van der Waals surface area (Å²) in [6.45, 7) is 2.22. The van der Waals surface area contributed by atoms with Crippen molar-refractivity contribution >= 4 is 13.8 Å². The van der Waals surface area contributed by atoms with Crippen molar-refractivity contribution in [2.75, 3.05) is 0 Å². The Morgan fingerprint density at radius 1 is 0.909 bits per heavy atom. The van der Waals surface area contributed by atoms with E-state index in [0.29, 0.717) is 6.42 Å². The normalized spacial score (nSPS) is 12.0. The zero-order valence-electron chi connectivity index (χ0n) is 13.7. The summed E-state index contributed by atoms with van der Waals surface area (Å²) >= 11 is 0. The molecule has 0 saturated heterocycles. The molecule has 0 aliphatic heterocycles. The Kier molecular flexibility index (Phi) is 13.6. The molecule has 5 nitrogen and oxygen atoms in total. The number of phosphoric acid groups is 1. The number of phosphoric ester groups is 1. The van der Waals surface area contributed by atoms with Crippen LogP contribution in [-0.2, 0) is 13.9 Å². The van der Waals surface area contributed by atoms with Crippen LogP contribution in [0.3, 0.4) is 0 Å². The molecule has 0 aliphatic rings. The zero-order valence-corrected chi connectivity index (χ0v) is 14.6. The first kappa shape index (κ1) is 21.4. The molecule has 0 fully saturated rings. The van der Waals surface area contributed by atoms with Crippen molar-refractivity contribution in [3.05, 3.63) is 12.2 Å². The lowest BCUT2D eigenvalue weighted by atomic mass is 10.1. The minimum absolute atomic E-state index is 0.0722. The molecule has 6 heteroatoms. The van der Waals surface area contributed by atoms with E-state index in [1.54, 1.807) is 0 Å². The van der Waals surface area contributed by atoms with E-state index in [1.807, 2.05) is 0 Å². The fourth-order valence-electron chi connectivity index (χ4n) is 2.16. The first-order chi connectivity index (χ1) is 10.5.